The number of aryl methyl sites for hydroxylation is 1. The largest absolute Gasteiger partial charge is 0.521 e. The molecule has 0 unspecified atom stereocenters. The molecular formula is C4H3BClF3NS-. The van der Waals surface area contributed by atoms with Crippen LogP contribution in [0.3, 0.4) is 0 Å². The molecule has 1 aromatic heterocycles. The van der Waals surface area contributed by atoms with Crippen molar-refractivity contribution in [3.05, 3.63) is 10.2 Å². The van der Waals surface area contributed by atoms with Crippen molar-refractivity contribution in [2.24, 2.45) is 0 Å². The Balaban J connectivity index is 3.13. The Morgan fingerprint density at radius 1 is 1.45 bits per heavy atom. The lowest BCUT2D eigenvalue weighted by atomic mass is 9.88. The number of aromatic nitrogens is 1. The molecular weight excluding hydrogens is 197 g/mol. The van der Waals surface area contributed by atoms with E-state index >= 15 is 0 Å². The van der Waals surface area contributed by atoms with Gasteiger partial charge in [0.2, 0.25) is 0 Å². The van der Waals surface area contributed by atoms with Gasteiger partial charge in [0.1, 0.15) is 0 Å². The topological polar surface area (TPSA) is 12.9 Å². The van der Waals surface area contributed by atoms with Crippen LogP contribution in [0.25, 0.3) is 0 Å². The Bertz CT molecular complexity index is 271. The van der Waals surface area contributed by atoms with Gasteiger partial charge in [-0.05, 0) is 11.7 Å². The maximum absolute atomic E-state index is 12.0. The van der Waals surface area contributed by atoms with Gasteiger partial charge in [0.25, 0.3) is 0 Å². The molecule has 0 aromatic carbocycles. The average Bonchev–Trinajstić information content (AvgIpc) is 2.08. The third kappa shape index (κ3) is 1.87. The fourth-order valence-electron chi connectivity index (χ4n) is 0.678. The Kier molecular flexibility index (Phi) is 2.16. The van der Waals surface area contributed by atoms with E-state index in [1.807, 2.05) is 0 Å². The standard InChI is InChI=1S/C4H3BClF3NS/c1-2-3(5(7,8)9)11-4(6)10-2/h1H3/q-1. The van der Waals surface area contributed by atoms with Gasteiger partial charge in [-0.25, -0.2) is 4.98 Å². The summed E-state index contributed by atoms with van der Waals surface area (Å²) in [5.74, 6) is 0. The highest BCUT2D eigenvalue weighted by molar-refractivity contribution is 7.26. The van der Waals surface area contributed by atoms with E-state index in [4.69, 9.17) is 11.6 Å². The van der Waals surface area contributed by atoms with Gasteiger partial charge in [-0.1, -0.05) is 11.6 Å². The number of hydrogen-bond acceptors (Lipinski definition) is 2. The lowest BCUT2D eigenvalue weighted by Crippen LogP contribution is -2.33. The van der Waals surface area contributed by atoms with Gasteiger partial charge >= 0.3 is 6.98 Å². The molecule has 11 heavy (non-hydrogen) atoms. The van der Waals surface area contributed by atoms with Gasteiger partial charge in [0, 0.05) is 5.69 Å². The first-order valence-corrected chi connectivity index (χ1v) is 3.93. The first-order chi connectivity index (χ1) is 4.91. The molecule has 1 aromatic rings. The zero-order chi connectivity index (χ0) is 8.65. The Hall–Kier alpha value is -0.225. The molecule has 0 amide bonds. The van der Waals surface area contributed by atoms with Crippen molar-refractivity contribution >= 4 is 34.7 Å². The molecule has 0 spiro atoms. The molecule has 0 saturated carbocycles. The van der Waals surface area contributed by atoms with E-state index in [0.717, 1.165) is 0 Å². The highest BCUT2D eigenvalue weighted by Crippen LogP contribution is 2.20. The van der Waals surface area contributed by atoms with Crippen molar-refractivity contribution in [3.63, 3.8) is 0 Å². The first-order valence-electron chi connectivity index (χ1n) is 2.74. The predicted molar refractivity (Wildman–Crippen MR) is 40.6 cm³/mol. The normalized spacial score (nSPS) is 12.1. The van der Waals surface area contributed by atoms with Crippen LogP contribution in [-0.2, 0) is 0 Å². The molecule has 0 fully saturated rings. The van der Waals surface area contributed by atoms with E-state index in [-0.39, 0.29) is 10.2 Å². The minimum atomic E-state index is -4.94. The van der Waals surface area contributed by atoms with Gasteiger partial charge in [-0.3, -0.25) is 0 Å². The van der Waals surface area contributed by atoms with E-state index in [1.54, 1.807) is 0 Å². The molecule has 1 rings (SSSR count). The second-order valence-corrected chi connectivity index (χ2v) is 3.60. The first kappa shape index (κ1) is 8.87. The van der Waals surface area contributed by atoms with E-state index in [0.29, 0.717) is 11.3 Å². The SMILES string of the molecule is Cc1nc(Cl)sc1[B-](F)(F)F. The highest BCUT2D eigenvalue weighted by atomic mass is 35.5. The monoisotopic (exact) mass is 200 g/mol. The van der Waals surface area contributed by atoms with Crippen LogP contribution < -0.4 is 4.78 Å². The van der Waals surface area contributed by atoms with Crippen molar-refractivity contribution in [1.82, 2.24) is 4.98 Å². The van der Waals surface area contributed by atoms with Crippen LogP contribution in [0.15, 0.2) is 0 Å². The number of rotatable bonds is 1. The lowest BCUT2D eigenvalue weighted by molar-refractivity contribution is 0.502. The predicted octanol–water partition coefficient (Wildman–Crippen LogP) is 2.16. The Labute approximate surface area is 70.3 Å². The third-order valence-corrected chi connectivity index (χ3v) is 2.46. The number of halogens is 4. The van der Waals surface area contributed by atoms with Crippen molar-refractivity contribution in [2.75, 3.05) is 0 Å². The van der Waals surface area contributed by atoms with Gasteiger partial charge in [-0.2, -0.15) is 0 Å². The fourth-order valence-corrected chi connectivity index (χ4v) is 1.75. The molecule has 0 radical (unpaired) electrons. The highest BCUT2D eigenvalue weighted by Gasteiger charge is 2.30. The third-order valence-electron chi connectivity index (χ3n) is 1.10. The summed E-state index contributed by atoms with van der Waals surface area (Å²) in [4.78, 5) is 3.46. The smallest absolute Gasteiger partial charge is 0.444 e. The molecule has 0 saturated heterocycles. The molecule has 0 aliphatic rings. The maximum atomic E-state index is 12.0. The van der Waals surface area contributed by atoms with Crippen molar-refractivity contribution in [2.45, 2.75) is 6.92 Å². The molecule has 0 aliphatic heterocycles. The minimum absolute atomic E-state index is 0.0347. The van der Waals surface area contributed by atoms with Crippen LogP contribution in [0, 0.1) is 6.92 Å². The number of hydrogen-bond donors (Lipinski definition) is 0. The molecule has 1 heterocycles. The molecule has 0 N–H and O–H groups in total. The zero-order valence-corrected chi connectivity index (χ0v) is 7.02. The van der Waals surface area contributed by atoms with Crippen LogP contribution in [0.1, 0.15) is 5.69 Å². The maximum Gasteiger partial charge on any atom is 0.521 e. The van der Waals surface area contributed by atoms with Crippen LogP contribution >= 0.6 is 22.9 Å². The molecule has 1 nitrogen and oxygen atoms in total. The Morgan fingerprint density at radius 3 is 2.18 bits per heavy atom. The second kappa shape index (κ2) is 2.67. The van der Waals surface area contributed by atoms with E-state index < -0.39 is 11.8 Å². The molecule has 0 atom stereocenters. The summed E-state index contributed by atoms with van der Waals surface area (Å²) in [7, 11) is 0. The summed E-state index contributed by atoms with van der Waals surface area (Å²) >= 11 is 5.77. The van der Waals surface area contributed by atoms with Crippen LogP contribution in [0.4, 0.5) is 12.9 Å². The van der Waals surface area contributed by atoms with Gasteiger partial charge in [0.15, 0.2) is 4.47 Å². The lowest BCUT2D eigenvalue weighted by Gasteiger charge is -2.11. The van der Waals surface area contributed by atoms with Gasteiger partial charge in [-0.15, -0.1) is 11.3 Å². The summed E-state index contributed by atoms with van der Waals surface area (Å²) in [6.45, 7) is -3.64. The zero-order valence-electron chi connectivity index (χ0n) is 5.44. The molecule has 0 bridgehead atoms. The molecule has 0 aliphatic carbocycles. The van der Waals surface area contributed by atoms with Crippen LogP contribution in [0.5, 0.6) is 0 Å². The summed E-state index contributed by atoms with van der Waals surface area (Å²) in [5, 5.41) is 0. The second-order valence-electron chi connectivity index (χ2n) is 1.99. The van der Waals surface area contributed by atoms with Crippen molar-refractivity contribution in [1.29, 1.82) is 0 Å². The minimum Gasteiger partial charge on any atom is -0.444 e. The fraction of sp³-hybridized carbons (Fsp3) is 0.250. The van der Waals surface area contributed by atoms with Gasteiger partial charge in [0.05, 0.1) is 0 Å². The molecule has 62 valence electrons. The average molecular weight is 200 g/mol. The van der Waals surface area contributed by atoms with E-state index in [2.05, 4.69) is 4.98 Å². The summed E-state index contributed by atoms with van der Waals surface area (Å²) in [6.07, 6.45) is 0. The van der Waals surface area contributed by atoms with Crippen LogP contribution in [-0.4, -0.2) is 12.0 Å². The number of thiazole rings is 1. The summed E-state index contributed by atoms with van der Waals surface area (Å²) < 4.78 is 35.4. The van der Waals surface area contributed by atoms with E-state index in [9.17, 15) is 12.9 Å². The number of nitrogens with zero attached hydrogens (tertiary/aromatic N) is 1. The van der Waals surface area contributed by atoms with Gasteiger partial charge < -0.3 is 12.9 Å². The molecule has 7 heteroatoms. The summed E-state index contributed by atoms with van der Waals surface area (Å²) in [5.41, 5.74) is -0.0347. The summed E-state index contributed by atoms with van der Waals surface area (Å²) in [6, 6.07) is 0. The van der Waals surface area contributed by atoms with Crippen LogP contribution in [0.2, 0.25) is 4.47 Å². The van der Waals surface area contributed by atoms with E-state index in [1.165, 1.54) is 6.92 Å². The quantitative estimate of drug-likeness (QED) is 0.633. The van der Waals surface area contributed by atoms with Crippen molar-refractivity contribution < 1.29 is 12.9 Å². The Morgan fingerprint density at radius 2 is 2.00 bits per heavy atom. The van der Waals surface area contributed by atoms with Crippen molar-refractivity contribution in [3.8, 4) is 0 Å².